The maximum atomic E-state index is 11.9. The minimum absolute atomic E-state index is 0.146. The summed E-state index contributed by atoms with van der Waals surface area (Å²) < 4.78 is 0. The predicted octanol–water partition coefficient (Wildman–Crippen LogP) is 2.37. The molecule has 1 unspecified atom stereocenters. The number of nitrogens with one attached hydrogen (secondary N) is 1. The molecular formula is C14H16N2OS. The molecule has 0 spiro atoms. The fraction of sp³-hybridized carbons (Fsp3) is 0.214. The molecular weight excluding hydrogens is 244 g/mol. The van der Waals surface area contributed by atoms with Crippen LogP contribution >= 0.6 is 11.3 Å². The summed E-state index contributed by atoms with van der Waals surface area (Å²) in [4.78, 5) is 14.3. The molecule has 1 aromatic carbocycles. The van der Waals surface area contributed by atoms with Gasteiger partial charge in [0, 0.05) is 9.75 Å². The van der Waals surface area contributed by atoms with Gasteiger partial charge in [-0.05, 0) is 24.6 Å². The Bertz CT molecular complexity index is 522. The van der Waals surface area contributed by atoms with Crippen LogP contribution in [0, 0.1) is 6.92 Å². The van der Waals surface area contributed by atoms with Gasteiger partial charge in [0.2, 0.25) is 5.91 Å². The van der Waals surface area contributed by atoms with Crippen molar-refractivity contribution in [2.45, 2.75) is 19.5 Å². The van der Waals surface area contributed by atoms with E-state index in [1.807, 2.05) is 49.4 Å². The molecule has 0 saturated heterocycles. The summed E-state index contributed by atoms with van der Waals surface area (Å²) in [7, 11) is 0. The average molecular weight is 260 g/mol. The Balaban J connectivity index is 1.92. The van der Waals surface area contributed by atoms with Crippen molar-refractivity contribution in [2.75, 3.05) is 0 Å². The number of hydrogen-bond acceptors (Lipinski definition) is 3. The molecule has 0 bridgehead atoms. The van der Waals surface area contributed by atoms with E-state index in [0.717, 1.165) is 10.4 Å². The molecule has 18 heavy (non-hydrogen) atoms. The first-order valence-electron chi connectivity index (χ1n) is 5.80. The first kappa shape index (κ1) is 12.8. The van der Waals surface area contributed by atoms with Crippen LogP contribution in [0.1, 0.15) is 21.4 Å². The van der Waals surface area contributed by atoms with Gasteiger partial charge >= 0.3 is 0 Å². The van der Waals surface area contributed by atoms with Crippen molar-refractivity contribution in [3.63, 3.8) is 0 Å². The van der Waals surface area contributed by atoms with Crippen LogP contribution in [0.4, 0.5) is 0 Å². The number of rotatable bonds is 4. The van der Waals surface area contributed by atoms with Crippen molar-refractivity contribution >= 4 is 17.2 Å². The van der Waals surface area contributed by atoms with E-state index in [-0.39, 0.29) is 5.91 Å². The van der Waals surface area contributed by atoms with Gasteiger partial charge in [0.15, 0.2) is 0 Å². The van der Waals surface area contributed by atoms with Crippen LogP contribution in [0.2, 0.25) is 0 Å². The van der Waals surface area contributed by atoms with E-state index in [9.17, 15) is 4.79 Å². The fourth-order valence-electron chi connectivity index (χ4n) is 1.68. The van der Waals surface area contributed by atoms with Gasteiger partial charge < -0.3 is 11.1 Å². The van der Waals surface area contributed by atoms with Gasteiger partial charge in [-0.15, -0.1) is 11.3 Å². The normalized spacial score (nSPS) is 12.1. The summed E-state index contributed by atoms with van der Waals surface area (Å²) in [6.45, 7) is 2.59. The molecule has 1 atom stereocenters. The third kappa shape index (κ3) is 3.18. The Morgan fingerprint density at radius 3 is 2.61 bits per heavy atom. The SMILES string of the molecule is Cc1ccc(CNC(=O)C(N)c2ccccc2)s1. The highest BCUT2D eigenvalue weighted by atomic mass is 32.1. The second-order valence-corrected chi connectivity index (χ2v) is 5.49. The van der Waals surface area contributed by atoms with Crippen molar-refractivity contribution in [2.24, 2.45) is 5.73 Å². The molecule has 1 aromatic heterocycles. The zero-order chi connectivity index (χ0) is 13.0. The first-order chi connectivity index (χ1) is 8.66. The van der Waals surface area contributed by atoms with E-state index in [1.54, 1.807) is 11.3 Å². The van der Waals surface area contributed by atoms with Crippen molar-refractivity contribution < 1.29 is 4.79 Å². The summed E-state index contributed by atoms with van der Waals surface area (Å²) in [6.07, 6.45) is 0. The molecule has 0 aliphatic rings. The highest BCUT2D eigenvalue weighted by Gasteiger charge is 2.14. The molecule has 94 valence electrons. The molecule has 0 radical (unpaired) electrons. The quantitative estimate of drug-likeness (QED) is 0.886. The Labute approximate surface area is 111 Å². The van der Waals surface area contributed by atoms with Crippen LogP contribution in [0.15, 0.2) is 42.5 Å². The molecule has 0 fully saturated rings. The Morgan fingerprint density at radius 1 is 1.28 bits per heavy atom. The second kappa shape index (κ2) is 5.80. The van der Waals surface area contributed by atoms with Gasteiger partial charge in [-0.3, -0.25) is 4.79 Å². The van der Waals surface area contributed by atoms with Gasteiger partial charge in [0.25, 0.3) is 0 Å². The van der Waals surface area contributed by atoms with Gasteiger partial charge in [-0.25, -0.2) is 0 Å². The smallest absolute Gasteiger partial charge is 0.241 e. The van der Waals surface area contributed by atoms with E-state index >= 15 is 0 Å². The van der Waals surface area contributed by atoms with E-state index in [2.05, 4.69) is 5.32 Å². The highest BCUT2D eigenvalue weighted by Crippen LogP contribution is 2.15. The highest BCUT2D eigenvalue weighted by molar-refractivity contribution is 7.11. The zero-order valence-corrected chi connectivity index (χ0v) is 11.0. The molecule has 3 nitrogen and oxygen atoms in total. The van der Waals surface area contributed by atoms with E-state index in [4.69, 9.17) is 5.73 Å². The summed E-state index contributed by atoms with van der Waals surface area (Å²) in [6, 6.07) is 12.8. The van der Waals surface area contributed by atoms with Gasteiger partial charge in [0.1, 0.15) is 6.04 Å². The van der Waals surface area contributed by atoms with E-state index < -0.39 is 6.04 Å². The Kier molecular flexibility index (Phi) is 4.12. The van der Waals surface area contributed by atoms with Crippen molar-refractivity contribution in [1.29, 1.82) is 0 Å². The topological polar surface area (TPSA) is 55.1 Å². The molecule has 2 aromatic rings. The predicted molar refractivity (Wildman–Crippen MR) is 74.3 cm³/mol. The summed E-state index contributed by atoms with van der Waals surface area (Å²) in [5.41, 5.74) is 6.73. The molecule has 3 N–H and O–H groups in total. The number of carbonyl (C=O) groups is 1. The molecule has 1 amide bonds. The van der Waals surface area contributed by atoms with Crippen LogP contribution in [-0.2, 0) is 11.3 Å². The van der Waals surface area contributed by atoms with Crippen LogP contribution in [0.5, 0.6) is 0 Å². The van der Waals surface area contributed by atoms with E-state index in [1.165, 1.54) is 4.88 Å². The lowest BCUT2D eigenvalue weighted by molar-refractivity contribution is -0.122. The number of carbonyl (C=O) groups excluding carboxylic acids is 1. The average Bonchev–Trinajstić information content (AvgIpc) is 2.82. The number of thiophene rings is 1. The zero-order valence-electron chi connectivity index (χ0n) is 10.2. The Hall–Kier alpha value is -1.65. The van der Waals surface area contributed by atoms with Crippen LogP contribution in [0.25, 0.3) is 0 Å². The minimum atomic E-state index is -0.604. The van der Waals surface area contributed by atoms with Crippen LogP contribution in [0.3, 0.4) is 0 Å². The monoisotopic (exact) mass is 260 g/mol. The van der Waals surface area contributed by atoms with Crippen molar-refractivity contribution in [3.05, 3.63) is 57.8 Å². The number of benzene rings is 1. The van der Waals surface area contributed by atoms with Gasteiger partial charge in [-0.2, -0.15) is 0 Å². The number of amides is 1. The largest absolute Gasteiger partial charge is 0.350 e. The van der Waals surface area contributed by atoms with Crippen LogP contribution in [-0.4, -0.2) is 5.91 Å². The number of aryl methyl sites for hydroxylation is 1. The lowest BCUT2D eigenvalue weighted by atomic mass is 10.1. The minimum Gasteiger partial charge on any atom is -0.350 e. The van der Waals surface area contributed by atoms with Gasteiger partial charge in [-0.1, -0.05) is 30.3 Å². The Morgan fingerprint density at radius 2 is 2.00 bits per heavy atom. The summed E-state index contributed by atoms with van der Waals surface area (Å²) >= 11 is 1.68. The molecule has 0 saturated carbocycles. The van der Waals surface area contributed by atoms with Crippen molar-refractivity contribution in [3.8, 4) is 0 Å². The van der Waals surface area contributed by atoms with E-state index in [0.29, 0.717) is 6.54 Å². The lowest BCUT2D eigenvalue weighted by Gasteiger charge is -2.11. The maximum Gasteiger partial charge on any atom is 0.241 e. The third-order valence-electron chi connectivity index (χ3n) is 2.67. The first-order valence-corrected chi connectivity index (χ1v) is 6.62. The second-order valence-electron chi connectivity index (χ2n) is 4.12. The van der Waals surface area contributed by atoms with Crippen molar-refractivity contribution in [1.82, 2.24) is 5.32 Å². The molecule has 0 aliphatic heterocycles. The fourth-order valence-corrected chi connectivity index (χ4v) is 2.51. The van der Waals surface area contributed by atoms with Crippen LogP contribution < -0.4 is 11.1 Å². The molecule has 1 heterocycles. The lowest BCUT2D eigenvalue weighted by Crippen LogP contribution is -2.33. The molecule has 2 rings (SSSR count). The number of hydrogen-bond donors (Lipinski definition) is 2. The molecule has 4 heteroatoms. The summed E-state index contributed by atoms with van der Waals surface area (Å²) in [5, 5.41) is 2.86. The number of nitrogens with two attached hydrogens (primary N) is 1. The molecule has 0 aliphatic carbocycles. The standard InChI is InChI=1S/C14H16N2OS/c1-10-7-8-12(18-10)9-16-14(17)13(15)11-5-3-2-4-6-11/h2-8,13H,9,15H2,1H3,(H,16,17). The third-order valence-corrected chi connectivity index (χ3v) is 3.67. The maximum absolute atomic E-state index is 11.9. The summed E-state index contributed by atoms with van der Waals surface area (Å²) in [5.74, 6) is -0.146. The van der Waals surface area contributed by atoms with Gasteiger partial charge in [0.05, 0.1) is 6.54 Å².